The van der Waals surface area contributed by atoms with Crippen LogP contribution < -0.4 is 4.90 Å². The van der Waals surface area contributed by atoms with Crippen LogP contribution in [0.15, 0.2) is 74.5 Å². The fourth-order valence-electron chi connectivity index (χ4n) is 3.08. The zero-order valence-corrected chi connectivity index (χ0v) is 15.4. The minimum atomic E-state index is 0.765. The SMILES string of the molecule is Brc1cc(C=Nc2ccc(-c3ccccc3)cc2)oc1N1CCCC1. The van der Waals surface area contributed by atoms with E-state index in [9.17, 15) is 0 Å². The Morgan fingerprint density at radius 3 is 2.32 bits per heavy atom. The van der Waals surface area contributed by atoms with Gasteiger partial charge in [-0.15, -0.1) is 0 Å². The van der Waals surface area contributed by atoms with Crippen LogP contribution in [0.25, 0.3) is 11.1 Å². The summed E-state index contributed by atoms with van der Waals surface area (Å²) in [7, 11) is 0. The first-order chi connectivity index (χ1) is 12.3. The fraction of sp³-hybridized carbons (Fsp3) is 0.190. The van der Waals surface area contributed by atoms with E-state index < -0.39 is 0 Å². The second kappa shape index (κ2) is 7.28. The van der Waals surface area contributed by atoms with Crippen molar-refractivity contribution >= 4 is 33.7 Å². The molecule has 1 aliphatic rings. The van der Waals surface area contributed by atoms with Gasteiger partial charge in [0.15, 0.2) is 0 Å². The number of benzene rings is 2. The predicted molar refractivity (Wildman–Crippen MR) is 107 cm³/mol. The van der Waals surface area contributed by atoms with Crippen molar-refractivity contribution in [3.63, 3.8) is 0 Å². The lowest BCUT2D eigenvalue weighted by molar-refractivity contribution is 0.549. The lowest BCUT2D eigenvalue weighted by Crippen LogP contribution is -2.17. The molecule has 4 heteroatoms. The molecule has 2 aromatic carbocycles. The molecular formula is C21H19BrN2O. The van der Waals surface area contributed by atoms with Crippen LogP contribution >= 0.6 is 15.9 Å². The number of anilines is 1. The monoisotopic (exact) mass is 394 g/mol. The van der Waals surface area contributed by atoms with Crippen LogP contribution in [-0.4, -0.2) is 19.3 Å². The smallest absolute Gasteiger partial charge is 0.210 e. The summed E-state index contributed by atoms with van der Waals surface area (Å²) in [6.07, 6.45) is 4.23. The predicted octanol–water partition coefficient (Wildman–Crippen LogP) is 6.06. The van der Waals surface area contributed by atoms with Gasteiger partial charge in [0, 0.05) is 19.2 Å². The first-order valence-electron chi connectivity index (χ1n) is 8.53. The van der Waals surface area contributed by atoms with Gasteiger partial charge in [-0.3, -0.25) is 4.99 Å². The largest absolute Gasteiger partial charge is 0.438 e. The molecule has 2 heterocycles. The molecule has 0 unspecified atom stereocenters. The zero-order valence-electron chi connectivity index (χ0n) is 13.9. The fourth-order valence-corrected chi connectivity index (χ4v) is 3.64. The lowest BCUT2D eigenvalue weighted by Gasteiger charge is -2.13. The summed E-state index contributed by atoms with van der Waals surface area (Å²) in [5.41, 5.74) is 3.31. The van der Waals surface area contributed by atoms with Crippen molar-refractivity contribution in [2.75, 3.05) is 18.0 Å². The Labute approximate surface area is 156 Å². The summed E-state index contributed by atoms with van der Waals surface area (Å²) >= 11 is 3.59. The van der Waals surface area contributed by atoms with Gasteiger partial charge in [-0.05, 0) is 52.0 Å². The highest BCUT2D eigenvalue weighted by molar-refractivity contribution is 9.10. The molecule has 0 N–H and O–H groups in total. The summed E-state index contributed by atoms with van der Waals surface area (Å²) in [6.45, 7) is 2.12. The third-order valence-corrected chi connectivity index (χ3v) is 4.96. The van der Waals surface area contributed by atoms with Crippen molar-refractivity contribution in [2.45, 2.75) is 12.8 Å². The Hall–Kier alpha value is -2.33. The minimum absolute atomic E-state index is 0.765. The summed E-state index contributed by atoms with van der Waals surface area (Å²) < 4.78 is 6.94. The molecule has 0 saturated carbocycles. The van der Waals surface area contributed by atoms with Crippen molar-refractivity contribution in [3.8, 4) is 11.1 Å². The second-order valence-electron chi connectivity index (χ2n) is 6.17. The molecule has 0 atom stereocenters. The second-order valence-corrected chi connectivity index (χ2v) is 7.02. The topological polar surface area (TPSA) is 28.7 Å². The van der Waals surface area contributed by atoms with Crippen molar-refractivity contribution in [2.24, 2.45) is 4.99 Å². The summed E-state index contributed by atoms with van der Waals surface area (Å²) in [5.74, 6) is 1.68. The lowest BCUT2D eigenvalue weighted by atomic mass is 10.1. The molecule has 3 aromatic rings. The molecule has 0 radical (unpaired) electrons. The van der Waals surface area contributed by atoms with Gasteiger partial charge in [0.1, 0.15) is 5.76 Å². The number of rotatable bonds is 4. The van der Waals surface area contributed by atoms with E-state index in [0.717, 1.165) is 34.9 Å². The molecule has 4 rings (SSSR count). The van der Waals surface area contributed by atoms with E-state index in [4.69, 9.17) is 4.42 Å². The Bertz CT molecular complexity index is 863. The molecule has 3 nitrogen and oxygen atoms in total. The van der Waals surface area contributed by atoms with Crippen LogP contribution in [-0.2, 0) is 0 Å². The van der Waals surface area contributed by atoms with E-state index in [1.807, 2.05) is 36.4 Å². The highest BCUT2D eigenvalue weighted by Crippen LogP contribution is 2.32. The molecule has 1 fully saturated rings. The average molecular weight is 395 g/mol. The van der Waals surface area contributed by atoms with Gasteiger partial charge in [-0.25, -0.2) is 0 Å². The molecule has 0 aliphatic carbocycles. The Morgan fingerprint density at radius 1 is 0.920 bits per heavy atom. The van der Waals surface area contributed by atoms with Gasteiger partial charge in [0.25, 0.3) is 0 Å². The van der Waals surface area contributed by atoms with Crippen LogP contribution in [0.1, 0.15) is 18.6 Å². The van der Waals surface area contributed by atoms with Crippen molar-refractivity contribution < 1.29 is 4.42 Å². The quantitative estimate of drug-likeness (QED) is 0.503. The van der Waals surface area contributed by atoms with E-state index in [1.54, 1.807) is 6.21 Å². The van der Waals surface area contributed by atoms with E-state index in [1.165, 1.54) is 24.0 Å². The molecule has 1 saturated heterocycles. The first-order valence-corrected chi connectivity index (χ1v) is 9.33. The molecule has 0 amide bonds. The maximum absolute atomic E-state index is 5.94. The standard InChI is InChI=1S/C21H19BrN2O/c22-20-14-19(25-21(20)24-12-4-5-13-24)15-23-18-10-8-17(9-11-18)16-6-2-1-3-7-16/h1-3,6-11,14-15H,4-5,12-13H2. The maximum atomic E-state index is 5.94. The molecule has 1 aliphatic heterocycles. The van der Waals surface area contributed by atoms with Crippen LogP contribution in [0.3, 0.4) is 0 Å². The van der Waals surface area contributed by atoms with Gasteiger partial charge in [0.05, 0.1) is 16.4 Å². The number of furan rings is 1. The molecular weight excluding hydrogens is 376 g/mol. The van der Waals surface area contributed by atoms with Crippen LogP contribution in [0.5, 0.6) is 0 Å². The van der Waals surface area contributed by atoms with Gasteiger partial charge in [-0.2, -0.15) is 0 Å². The van der Waals surface area contributed by atoms with Crippen molar-refractivity contribution in [1.82, 2.24) is 0 Å². The summed E-state index contributed by atoms with van der Waals surface area (Å²) in [6, 6.07) is 20.6. The zero-order chi connectivity index (χ0) is 17.1. The first kappa shape index (κ1) is 16.2. The van der Waals surface area contributed by atoms with E-state index in [2.05, 4.69) is 50.1 Å². The molecule has 0 bridgehead atoms. The molecule has 25 heavy (non-hydrogen) atoms. The van der Waals surface area contributed by atoms with Crippen molar-refractivity contribution in [3.05, 3.63) is 70.9 Å². The van der Waals surface area contributed by atoms with E-state index >= 15 is 0 Å². The van der Waals surface area contributed by atoms with Gasteiger partial charge < -0.3 is 9.32 Å². The Kier molecular flexibility index (Phi) is 4.70. The Morgan fingerprint density at radius 2 is 1.60 bits per heavy atom. The van der Waals surface area contributed by atoms with Gasteiger partial charge in [-0.1, -0.05) is 42.5 Å². The van der Waals surface area contributed by atoms with Crippen LogP contribution in [0.4, 0.5) is 11.6 Å². The van der Waals surface area contributed by atoms with E-state index in [-0.39, 0.29) is 0 Å². The average Bonchev–Trinajstić information content (AvgIpc) is 3.30. The number of aliphatic imine (C=N–C) groups is 1. The number of hydrogen-bond acceptors (Lipinski definition) is 3. The number of hydrogen-bond donors (Lipinski definition) is 0. The highest BCUT2D eigenvalue weighted by Gasteiger charge is 2.19. The maximum Gasteiger partial charge on any atom is 0.210 e. The van der Waals surface area contributed by atoms with E-state index in [0.29, 0.717) is 0 Å². The van der Waals surface area contributed by atoms with Crippen LogP contribution in [0.2, 0.25) is 0 Å². The molecule has 0 spiro atoms. The summed E-state index contributed by atoms with van der Waals surface area (Å²) in [4.78, 5) is 6.81. The minimum Gasteiger partial charge on any atom is -0.438 e. The van der Waals surface area contributed by atoms with Gasteiger partial charge >= 0.3 is 0 Å². The molecule has 1 aromatic heterocycles. The molecule has 126 valence electrons. The number of nitrogens with zero attached hydrogens (tertiary/aromatic N) is 2. The van der Waals surface area contributed by atoms with Gasteiger partial charge in [0.2, 0.25) is 5.88 Å². The van der Waals surface area contributed by atoms with Crippen LogP contribution in [0, 0.1) is 0 Å². The number of halogens is 1. The third kappa shape index (κ3) is 3.69. The summed E-state index contributed by atoms with van der Waals surface area (Å²) in [5, 5.41) is 0. The Balaban J connectivity index is 1.49. The highest BCUT2D eigenvalue weighted by atomic mass is 79.9. The van der Waals surface area contributed by atoms with Crippen molar-refractivity contribution in [1.29, 1.82) is 0 Å². The normalized spacial score (nSPS) is 14.5. The third-order valence-electron chi connectivity index (χ3n) is 4.40.